The molecule has 3 heterocycles. The summed E-state index contributed by atoms with van der Waals surface area (Å²) in [4.78, 5) is 34.2. The average molecular weight is 655 g/mol. The van der Waals surface area contributed by atoms with Gasteiger partial charge in [-0.05, 0) is 0 Å². The molecule has 0 atom stereocenters. The quantitative estimate of drug-likeness (QED) is 0.172. The molecule has 0 aliphatic carbocycles. The maximum absolute atomic E-state index is 13.0. The summed E-state index contributed by atoms with van der Waals surface area (Å²) in [5.41, 5.74) is 1.31. The van der Waals surface area contributed by atoms with E-state index in [1.807, 2.05) is 25.1 Å². The number of hydrogen-bond donors (Lipinski definition) is 2. The molecule has 0 spiro atoms. The van der Waals surface area contributed by atoms with Crippen LogP contribution in [0.4, 0.5) is 17.5 Å². The number of carbonyl (C=O) groups is 1. The van der Waals surface area contributed by atoms with Crippen LogP contribution < -0.4 is 24.0 Å². The predicted molar refractivity (Wildman–Crippen MR) is 164 cm³/mol. The Morgan fingerprint density at radius 3 is 2.82 bits per heavy atom. The van der Waals surface area contributed by atoms with E-state index in [1.165, 1.54) is 22.3 Å². The molecule has 11 heteroatoms. The van der Waals surface area contributed by atoms with Gasteiger partial charge in [-0.15, -0.1) is 0 Å². The summed E-state index contributed by atoms with van der Waals surface area (Å²) >= 11 is 5.16. The van der Waals surface area contributed by atoms with Crippen LogP contribution in [0.3, 0.4) is 0 Å². The number of nitrogens with zero attached hydrogens (tertiary/aromatic N) is 4. The molecule has 4 rings (SSSR count). The molecular weight excluding hydrogens is 619 g/mol. The van der Waals surface area contributed by atoms with Crippen LogP contribution in [-0.2, 0) is 11.3 Å². The van der Waals surface area contributed by atoms with Crippen LogP contribution in [0.5, 0.6) is 5.75 Å². The third kappa shape index (κ3) is 6.69. The monoisotopic (exact) mass is 654 g/mol. The summed E-state index contributed by atoms with van der Waals surface area (Å²) in [6, 6.07) is 7.44. The summed E-state index contributed by atoms with van der Waals surface area (Å²) in [6.45, 7) is 7.90. The zero-order valence-electron chi connectivity index (χ0n) is 22.4. The van der Waals surface area contributed by atoms with Crippen molar-refractivity contribution in [2.45, 2.75) is 46.6 Å². The first-order valence-electron chi connectivity index (χ1n) is 13.0. The van der Waals surface area contributed by atoms with E-state index in [0.29, 0.717) is 23.3 Å². The molecular formula is C27H36ClIN6O3. The number of pyridine rings is 1. The van der Waals surface area contributed by atoms with Gasteiger partial charge in [-0.3, -0.25) is 4.79 Å². The SMILES string of the molecule is CCCn1c(=O)c(OCC(=O)NC)cc2cc(Nc3nc(N4CCCCI4CC(C)C)ncc3Cl)ccc21. The molecule has 1 aliphatic heterocycles. The third-order valence-electron chi connectivity index (χ3n) is 6.09. The van der Waals surface area contributed by atoms with Gasteiger partial charge in [-0.2, -0.15) is 0 Å². The van der Waals surface area contributed by atoms with E-state index in [4.69, 9.17) is 21.3 Å². The molecule has 1 amide bonds. The number of ether oxygens (including phenoxy) is 1. The van der Waals surface area contributed by atoms with Gasteiger partial charge in [0.25, 0.3) is 5.91 Å². The minimum absolute atomic E-state index is 0.140. The van der Waals surface area contributed by atoms with E-state index in [-0.39, 0.29) is 23.8 Å². The topological polar surface area (TPSA) is 101 Å². The number of rotatable bonds is 10. The van der Waals surface area contributed by atoms with Crippen LogP contribution in [0.2, 0.25) is 5.02 Å². The number of benzene rings is 1. The number of aromatic nitrogens is 3. The molecule has 206 valence electrons. The maximum atomic E-state index is 13.0. The van der Waals surface area contributed by atoms with E-state index in [9.17, 15) is 9.59 Å². The summed E-state index contributed by atoms with van der Waals surface area (Å²) < 4.78 is 12.3. The molecule has 0 radical (unpaired) electrons. The van der Waals surface area contributed by atoms with Gasteiger partial charge in [0.15, 0.2) is 0 Å². The number of nitrogens with one attached hydrogen (secondary N) is 2. The molecule has 38 heavy (non-hydrogen) atoms. The molecule has 1 fully saturated rings. The predicted octanol–water partition coefficient (Wildman–Crippen LogP) is 5.40. The fourth-order valence-corrected chi connectivity index (χ4v) is 11.3. The van der Waals surface area contributed by atoms with E-state index in [2.05, 4.69) is 32.6 Å². The Morgan fingerprint density at radius 2 is 2.08 bits per heavy atom. The van der Waals surface area contributed by atoms with Crippen molar-refractivity contribution in [3.63, 3.8) is 0 Å². The van der Waals surface area contributed by atoms with Gasteiger partial charge in [0.1, 0.15) is 0 Å². The molecule has 0 bridgehead atoms. The van der Waals surface area contributed by atoms with Crippen LogP contribution in [0.15, 0.2) is 35.3 Å². The number of hydrogen-bond acceptors (Lipinski definition) is 7. The average Bonchev–Trinajstić information content (AvgIpc) is 2.90. The molecule has 1 saturated heterocycles. The number of anilines is 3. The Balaban J connectivity index is 1.65. The zero-order chi connectivity index (χ0) is 27.2. The van der Waals surface area contributed by atoms with Crippen LogP contribution >= 0.6 is 31.7 Å². The molecule has 3 aromatic rings. The summed E-state index contributed by atoms with van der Waals surface area (Å²) in [7, 11) is 1.53. The Kier molecular flexibility index (Phi) is 9.69. The second-order valence-electron chi connectivity index (χ2n) is 9.65. The molecule has 0 unspecified atom stereocenters. The summed E-state index contributed by atoms with van der Waals surface area (Å²) in [5.74, 6) is 1.81. The van der Waals surface area contributed by atoms with Crippen molar-refractivity contribution < 1.29 is 9.53 Å². The van der Waals surface area contributed by atoms with Gasteiger partial charge in [-0.1, -0.05) is 6.92 Å². The summed E-state index contributed by atoms with van der Waals surface area (Å²) in [6.07, 6.45) is 4.91. The number of carbonyl (C=O) groups excluding carboxylic acids is 1. The fourth-order valence-electron chi connectivity index (χ4n) is 4.35. The molecule has 9 nitrogen and oxygen atoms in total. The Hall–Kier alpha value is -2.60. The van der Waals surface area contributed by atoms with Gasteiger partial charge in [0.2, 0.25) is 0 Å². The Bertz CT molecular complexity index is 1350. The van der Waals surface area contributed by atoms with E-state index < -0.39 is 20.1 Å². The number of fused-ring (bicyclic) bond motifs is 1. The first kappa shape index (κ1) is 28.4. The zero-order valence-corrected chi connectivity index (χ0v) is 25.3. The molecule has 1 aromatic carbocycles. The van der Waals surface area contributed by atoms with E-state index in [1.54, 1.807) is 16.8 Å². The number of likely N-dealkylation sites (N-methyl/N-ethyl adjacent to an activating group) is 1. The molecule has 2 aromatic heterocycles. The van der Waals surface area contributed by atoms with Gasteiger partial charge in [0, 0.05) is 7.05 Å². The van der Waals surface area contributed by atoms with Crippen LogP contribution in [0.25, 0.3) is 10.9 Å². The fraction of sp³-hybridized carbons (Fsp3) is 0.481. The number of aryl methyl sites for hydroxylation is 1. The van der Waals surface area contributed by atoms with Crippen molar-refractivity contribution in [2.75, 3.05) is 37.5 Å². The second-order valence-corrected chi connectivity index (χ2v) is 15.6. The van der Waals surface area contributed by atoms with E-state index in [0.717, 1.165) is 41.9 Å². The van der Waals surface area contributed by atoms with Crippen molar-refractivity contribution in [2.24, 2.45) is 5.92 Å². The second kappa shape index (κ2) is 13.0. The van der Waals surface area contributed by atoms with Crippen molar-refractivity contribution in [1.82, 2.24) is 19.9 Å². The first-order chi connectivity index (χ1) is 18.3. The minimum atomic E-state index is -1.36. The normalized spacial score (nSPS) is 14.7. The van der Waals surface area contributed by atoms with Gasteiger partial charge >= 0.3 is 207 Å². The van der Waals surface area contributed by atoms with Crippen molar-refractivity contribution >= 4 is 66.0 Å². The van der Waals surface area contributed by atoms with Gasteiger partial charge in [-0.25, -0.2) is 0 Å². The standard InChI is InChI=1S/C27H36ClIN6O3/c1-5-11-34-22-9-8-20(13-19(22)14-23(26(34)37)38-17-24(36)30-4)32-25-21(28)16-31-27(33-25)35-12-7-6-10-29(35)15-18(2)3/h8-9,13-14,16,18H,5-7,10-12,15,17H2,1-4H3,(H,30,36)(H,31,32,33). The Morgan fingerprint density at radius 1 is 1.26 bits per heavy atom. The van der Waals surface area contributed by atoms with Crippen molar-refractivity contribution in [3.05, 3.63) is 45.8 Å². The Labute approximate surface area is 236 Å². The van der Waals surface area contributed by atoms with Gasteiger partial charge < -0.3 is 5.32 Å². The van der Waals surface area contributed by atoms with Crippen LogP contribution in [-0.4, -0.2) is 49.5 Å². The van der Waals surface area contributed by atoms with Gasteiger partial charge in [0.05, 0.1) is 0 Å². The van der Waals surface area contributed by atoms with E-state index >= 15 is 0 Å². The third-order valence-corrected chi connectivity index (χ3v) is 13.7. The van der Waals surface area contributed by atoms with Crippen LogP contribution in [0, 0.1) is 5.92 Å². The van der Waals surface area contributed by atoms with Crippen molar-refractivity contribution in [1.29, 1.82) is 0 Å². The number of halogens is 2. The molecule has 2 N–H and O–H groups in total. The number of alkyl halides is 2. The first-order valence-corrected chi connectivity index (χ1v) is 17.4. The summed E-state index contributed by atoms with van der Waals surface area (Å²) in [5, 5.41) is 7.12. The van der Waals surface area contributed by atoms with Crippen LogP contribution in [0.1, 0.15) is 40.0 Å². The number of amides is 1. The molecule has 0 saturated carbocycles. The van der Waals surface area contributed by atoms with Crippen molar-refractivity contribution in [3.8, 4) is 5.75 Å². The molecule has 1 aliphatic rings.